The lowest BCUT2D eigenvalue weighted by Gasteiger charge is -2.13. The lowest BCUT2D eigenvalue weighted by molar-refractivity contribution is -0.116. The van der Waals surface area contributed by atoms with Gasteiger partial charge in [0.25, 0.3) is 0 Å². The number of anilines is 1. The van der Waals surface area contributed by atoms with Gasteiger partial charge in [-0.25, -0.2) is 13.2 Å². The average Bonchev–Trinajstić information content (AvgIpc) is 3.45. The molecule has 0 bridgehead atoms. The van der Waals surface area contributed by atoms with Crippen LogP contribution in [0.15, 0.2) is 27.3 Å². The molecule has 0 unspecified atom stereocenters. The number of ether oxygens (including phenoxy) is 1. The van der Waals surface area contributed by atoms with Gasteiger partial charge in [0, 0.05) is 17.7 Å². The summed E-state index contributed by atoms with van der Waals surface area (Å²) in [5, 5.41) is 6.82. The summed E-state index contributed by atoms with van der Waals surface area (Å²) in [5.41, 5.74) is 0.872. The van der Waals surface area contributed by atoms with Gasteiger partial charge < -0.3 is 19.0 Å². The highest BCUT2D eigenvalue weighted by Crippen LogP contribution is 2.38. The van der Waals surface area contributed by atoms with E-state index in [9.17, 15) is 18.0 Å². The summed E-state index contributed by atoms with van der Waals surface area (Å²) in [4.78, 5) is 29.7. The molecule has 31 heavy (non-hydrogen) atoms. The Morgan fingerprint density at radius 3 is 2.94 bits per heavy atom. The predicted octanol–water partition coefficient (Wildman–Crippen LogP) is 2.61. The van der Waals surface area contributed by atoms with Gasteiger partial charge in [-0.15, -0.1) is 11.3 Å². The van der Waals surface area contributed by atoms with E-state index in [0.717, 1.165) is 11.3 Å². The number of carbonyl (C=O) groups excluding carboxylic acids is 2. The van der Waals surface area contributed by atoms with Crippen molar-refractivity contribution in [2.24, 2.45) is 0 Å². The predicted molar refractivity (Wildman–Crippen MR) is 110 cm³/mol. The van der Waals surface area contributed by atoms with Crippen LogP contribution in [0, 0.1) is 0 Å². The number of carbonyl (C=O) groups is 2. The van der Waals surface area contributed by atoms with Crippen LogP contribution in [0.4, 0.5) is 5.00 Å². The maximum atomic E-state index is 12.5. The maximum Gasteiger partial charge on any atom is 0.341 e. The zero-order chi connectivity index (χ0) is 22.0. The molecule has 4 heterocycles. The van der Waals surface area contributed by atoms with E-state index in [4.69, 9.17) is 13.7 Å². The van der Waals surface area contributed by atoms with E-state index in [0.29, 0.717) is 21.2 Å². The van der Waals surface area contributed by atoms with Crippen LogP contribution in [0.5, 0.6) is 0 Å². The fourth-order valence-corrected chi connectivity index (χ4v) is 6.26. The zero-order valence-electron chi connectivity index (χ0n) is 16.5. The van der Waals surface area contributed by atoms with E-state index in [1.807, 2.05) is 0 Å². The van der Waals surface area contributed by atoms with Crippen molar-refractivity contribution >= 4 is 38.1 Å². The van der Waals surface area contributed by atoms with Crippen LogP contribution < -0.4 is 5.32 Å². The molecule has 0 saturated heterocycles. The molecule has 1 amide bonds. The number of hydrogen-bond acceptors (Lipinski definition) is 10. The molecule has 4 rings (SSSR count). The second-order valence-electron chi connectivity index (χ2n) is 6.81. The summed E-state index contributed by atoms with van der Waals surface area (Å²) in [5.74, 6) is -0.115. The summed E-state index contributed by atoms with van der Waals surface area (Å²) in [6, 6.07) is 3.39. The minimum absolute atomic E-state index is 0.0307. The molecule has 1 aliphatic heterocycles. The molecule has 1 aliphatic rings. The lowest BCUT2D eigenvalue weighted by atomic mass is 10.1. The van der Waals surface area contributed by atoms with Crippen LogP contribution in [-0.2, 0) is 38.0 Å². The molecule has 1 N–H and O–H groups in total. The van der Waals surface area contributed by atoms with E-state index in [2.05, 4.69) is 15.5 Å². The number of nitrogens with zero attached hydrogens (tertiary/aromatic N) is 2. The number of sulfone groups is 1. The van der Waals surface area contributed by atoms with Crippen molar-refractivity contribution in [1.82, 2.24) is 10.1 Å². The third kappa shape index (κ3) is 4.69. The molecule has 3 aromatic rings. The van der Waals surface area contributed by atoms with Crippen molar-refractivity contribution in [1.29, 1.82) is 0 Å². The Morgan fingerprint density at radius 1 is 1.35 bits per heavy atom. The second kappa shape index (κ2) is 8.63. The van der Waals surface area contributed by atoms with Gasteiger partial charge >= 0.3 is 5.97 Å². The maximum absolute atomic E-state index is 12.5. The molecule has 0 radical (unpaired) electrons. The van der Waals surface area contributed by atoms with Gasteiger partial charge in [0.05, 0.1) is 29.9 Å². The SMILES string of the molecule is CCOC(=O)c1c(NC(=O)CCc2nc(-c3ccco3)no2)sc2c1CCS(=O)(=O)C2. The quantitative estimate of drug-likeness (QED) is 0.521. The number of aryl methyl sites for hydroxylation is 1. The minimum Gasteiger partial charge on any atom is -0.462 e. The van der Waals surface area contributed by atoms with E-state index < -0.39 is 15.8 Å². The highest BCUT2D eigenvalue weighted by atomic mass is 32.2. The molecule has 0 fully saturated rings. The van der Waals surface area contributed by atoms with Gasteiger partial charge in [0.15, 0.2) is 15.6 Å². The van der Waals surface area contributed by atoms with Crippen LogP contribution >= 0.6 is 11.3 Å². The summed E-state index contributed by atoms with van der Waals surface area (Å²) < 4.78 is 39.4. The Balaban J connectivity index is 1.47. The number of nitrogens with one attached hydrogen (secondary N) is 1. The number of rotatable bonds is 7. The summed E-state index contributed by atoms with van der Waals surface area (Å²) >= 11 is 1.10. The fraction of sp³-hybridized carbons (Fsp3) is 0.368. The van der Waals surface area contributed by atoms with Gasteiger partial charge in [-0.3, -0.25) is 4.79 Å². The molecule has 0 aliphatic carbocycles. The van der Waals surface area contributed by atoms with Crippen molar-refractivity contribution < 1.29 is 31.7 Å². The monoisotopic (exact) mass is 465 g/mol. The van der Waals surface area contributed by atoms with E-state index in [1.165, 1.54) is 6.26 Å². The van der Waals surface area contributed by atoms with E-state index >= 15 is 0 Å². The Hall–Kier alpha value is -2.99. The largest absolute Gasteiger partial charge is 0.462 e. The van der Waals surface area contributed by atoms with E-state index in [-0.39, 0.29) is 60.6 Å². The molecule has 0 saturated carbocycles. The number of furan rings is 1. The molecular weight excluding hydrogens is 446 g/mol. The highest BCUT2D eigenvalue weighted by molar-refractivity contribution is 7.90. The molecular formula is C19H19N3O7S2. The first-order valence-electron chi connectivity index (χ1n) is 9.54. The zero-order valence-corrected chi connectivity index (χ0v) is 18.2. The molecule has 3 aromatic heterocycles. The van der Waals surface area contributed by atoms with Gasteiger partial charge in [-0.2, -0.15) is 4.98 Å². The normalized spacial score (nSPS) is 14.7. The number of thiophene rings is 1. The first kappa shape index (κ1) is 21.2. The number of amides is 1. The van der Waals surface area contributed by atoms with Crippen LogP contribution in [0.3, 0.4) is 0 Å². The third-order valence-electron chi connectivity index (χ3n) is 4.61. The Bertz CT molecular complexity index is 1210. The van der Waals surface area contributed by atoms with Gasteiger partial charge in [0.1, 0.15) is 5.00 Å². The number of aromatic nitrogens is 2. The summed E-state index contributed by atoms with van der Waals surface area (Å²) in [6.45, 7) is 1.85. The van der Waals surface area contributed by atoms with Crippen LogP contribution in [0.25, 0.3) is 11.6 Å². The molecule has 0 spiro atoms. The molecule has 10 nitrogen and oxygen atoms in total. The fourth-order valence-electron chi connectivity index (χ4n) is 3.20. The van der Waals surface area contributed by atoms with Crippen LogP contribution in [0.2, 0.25) is 0 Å². The first-order valence-corrected chi connectivity index (χ1v) is 12.2. The van der Waals surface area contributed by atoms with Crippen molar-refractivity contribution in [3.63, 3.8) is 0 Å². The smallest absolute Gasteiger partial charge is 0.341 e. The van der Waals surface area contributed by atoms with Crippen molar-refractivity contribution in [3.8, 4) is 11.6 Å². The Labute approximate surface area is 181 Å². The molecule has 12 heteroatoms. The standard InChI is InChI=1S/C19H19N3O7S2/c1-2-27-19(24)16-11-7-9-31(25,26)10-13(11)30-18(16)20-14(23)5-6-15-21-17(22-29-15)12-4-3-8-28-12/h3-4,8H,2,5-7,9-10H2,1H3,(H,20,23). The minimum atomic E-state index is -3.22. The molecule has 164 valence electrons. The topological polar surface area (TPSA) is 142 Å². The average molecular weight is 466 g/mol. The molecule has 0 atom stereocenters. The third-order valence-corrected chi connectivity index (χ3v) is 7.50. The van der Waals surface area contributed by atoms with Crippen molar-refractivity contribution in [2.45, 2.75) is 31.9 Å². The lowest BCUT2D eigenvalue weighted by Crippen LogP contribution is -2.20. The van der Waals surface area contributed by atoms with Gasteiger partial charge in [-0.05, 0) is 31.0 Å². The van der Waals surface area contributed by atoms with Crippen molar-refractivity contribution in [3.05, 3.63) is 40.3 Å². The van der Waals surface area contributed by atoms with Crippen LogP contribution in [0.1, 0.15) is 40.0 Å². The van der Waals surface area contributed by atoms with E-state index in [1.54, 1.807) is 19.1 Å². The van der Waals surface area contributed by atoms with Gasteiger partial charge in [0.2, 0.25) is 17.6 Å². The molecule has 0 aromatic carbocycles. The highest BCUT2D eigenvalue weighted by Gasteiger charge is 2.32. The number of hydrogen-bond donors (Lipinski definition) is 1. The summed E-state index contributed by atoms with van der Waals surface area (Å²) in [7, 11) is -3.22. The first-order chi connectivity index (χ1) is 14.9. The summed E-state index contributed by atoms with van der Waals surface area (Å²) in [6.07, 6.45) is 1.93. The Kier molecular flexibility index (Phi) is 5.92. The Morgan fingerprint density at radius 2 is 2.19 bits per heavy atom. The van der Waals surface area contributed by atoms with Crippen LogP contribution in [-0.4, -0.2) is 42.8 Å². The second-order valence-corrected chi connectivity index (χ2v) is 10.1. The van der Waals surface area contributed by atoms with Gasteiger partial charge in [-0.1, -0.05) is 5.16 Å². The number of esters is 1. The van der Waals surface area contributed by atoms with Crippen molar-refractivity contribution in [2.75, 3.05) is 17.7 Å². The number of fused-ring (bicyclic) bond motifs is 1.